The molecule has 0 atom stereocenters. The summed E-state index contributed by atoms with van der Waals surface area (Å²) in [5.74, 6) is 1.56. The molecule has 1 fully saturated rings. The van der Waals surface area contributed by atoms with Crippen LogP contribution < -0.4 is 4.74 Å². The molecule has 1 aromatic carbocycles. The molecule has 0 bridgehead atoms. The average Bonchev–Trinajstić information content (AvgIpc) is 2.48. The third kappa shape index (κ3) is 4.76. The van der Waals surface area contributed by atoms with E-state index in [1.54, 1.807) is 0 Å². The topological polar surface area (TPSA) is 26.3 Å². The summed E-state index contributed by atoms with van der Waals surface area (Å²) in [5.41, 5.74) is 0. The molecule has 0 heterocycles. The summed E-state index contributed by atoms with van der Waals surface area (Å²) in [6.45, 7) is 2.24. The van der Waals surface area contributed by atoms with Crippen molar-refractivity contribution in [1.29, 1.82) is 0 Å². The molecule has 20 heavy (non-hydrogen) atoms. The first-order valence-corrected chi connectivity index (χ1v) is 8.74. The van der Waals surface area contributed by atoms with Crippen LogP contribution in [-0.4, -0.2) is 5.97 Å². The quantitative estimate of drug-likeness (QED) is 0.395. The van der Waals surface area contributed by atoms with E-state index < -0.39 is 0 Å². The van der Waals surface area contributed by atoms with Gasteiger partial charge in [0.15, 0.2) is 0 Å². The average molecular weight is 386 g/mol. The number of benzene rings is 1. The Bertz CT molecular complexity index is 419. The van der Waals surface area contributed by atoms with Crippen molar-refractivity contribution >= 4 is 28.6 Å². The van der Waals surface area contributed by atoms with Gasteiger partial charge in [-0.2, -0.15) is 0 Å². The van der Waals surface area contributed by atoms with Crippen molar-refractivity contribution in [3.8, 4) is 5.75 Å². The van der Waals surface area contributed by atoms with Gasteiger partial charge in [0.25, 0.3) is 0 Å². The maximum absolute atomic E-state index is 12.1. The van der Waals surface area contributed by atoms with E-state index in [-0.39, 0.29) is 11.9 Å². The van der Waals surface area contributed by atoms with Crippen LogP contribution in [0.3, 0.4) is 0 Å². The van der Waals surface area contributed by atoms with Crippen molar-refractivity contribution in [3.05, 3.63) is 27.8 Å². The highest BCUT2D eigenvalue weighted by atomic mass is 127. The molecule has 1 saturated carbocycles. The van der Waals surface area contributed by atoms with Crippen LogP contribution in [0.2, 0.25) is 0 Å². The van der Waals surface area contributed by atoms with Gasteiger partial charge in [-0.15, -0.1) is 0 Å². The zero-order valence-corrected chi connectivity index (χ0v) is 14.3. The number of halogens is 1. The van der Waals surface area contributed by atoms with Crippen LogP contribution in [0, 0.1) is 15.4 Å². The van der Waals surface area contributed by atoms with Gasteiger partial charge in [-0.25, -0.2) is 0 Å². The fourth-order valence-corrected chi connectivity index (χ4v) is 3.24. The highest BCUT2D eigenvalue weighted by molar-refractivity contribution is 14.1. The Morgan fingerprint density at radius 3 is 2.45 bits per heavy atom. The van der Waals surface area contributed by atoms with Crippen molar-refractivity contribution in [2.24, 2.45) is 11.8 Å². The summed E-state index contributed by atoms with van der Waals surface area (Å²) in [6, 6.07) is 7.66. The lowest BCUT2D eigenvalue weighted by atomic mass is 9.80. The number of ether oxygens (including phenoxy) is 1. The summed E-state index contributed by atoms with van der Waals surface area (Å²) in [7, 11) is 0. The van der Waals surface area contributed by atoms with Gasteiger partial charge < -0.3 is 4.74 Å². The second kappa shape index (κ2) is 8.01. The highest BCUT2D eigenvalue weighted by Crippen LogP contribution is 2.32. The van der Waals surface area contributed by atoms with Gasteiger partial charge in [0, 0.05) is 3.57 Å². The number of carbonyl (C=O) groups excluding carboxylic acids is 1. The third-order valence-electron chi connectivity index (χ3n) is 4.18. The first-order valence-electron chi connectivity index (χ1n) is 7.66. The molecular weight excluding hydrogens is 363 g/mol. The van der Waals surface area contributed by atoms with Crippen LogP contribution in [-0.2, 0) is 4.79 Å². The lowest BCUT2D eigenvalue weighted by Crippen LogP contribution is -2.25. The van der Waals surface area contributed by atoms with E-state index in [0.717, 1.165) is 22.3 Å². The van der Waals surface area contributed by atoms with Crippen LogP contribution >= 0.6 is 22.6 Å². The molecule has 110 valence electrons. The lowest BCUT2D eigenvalue weighted by molar-refractivity contribution is -0.140. The molecule has 1 aliphatic rings. The first kappa shape index (κ1) is 15.8. The molecule has 0 saturated heterocycles. The van der Waals surface area contributed by atoms with Crippen molar-refractivity contribution < 1.29 is 9.53 Å². The maximum Gasteiger partial charge on any atom is 0.314 e. The number of hydrogen-bond donors (Lipinski definition) is 0. The van der Waals surface area contributed by atoms with E-state index in [2.05, 4.69) is 29.5 Å². The second-order valence-corrected chi connectivity index (χ2v) is 6.98. The monoisotopic (exact) mass is 386 g/mol. The molecule has 0 unspecified atom stereocenters. The lowest BCUT2D eigenvalue weighted by Gasteiger charge is -2.27. The van der Waals surface area contributed by atoms with E-state index in [4.69, 9.17) is 4.74 Å². The van der Waals surface area contributed by atoms with Crippen molar-refractivity contribution in [2.75, 3.05) is 0 Å². The van der Waals surface area contributed by atoms with Crippen LogP contribution in [0.1, 0.15) is 51.9 Å². The summed E-state index contributed by atoms with van der Waals surface area (Å²) in [4.78, 5) is 12.1. The maximum atomic E-state index is 12.1. The number of rotatable bonds is 5. The van der Waals surface area contributed by atoms with E-state index in [9.17, 15) is 4.79 Å². The van der Waals surface area contributed by atoms with E-state index in [1.807, 2.05) is 24.3 Å². The Labute approximate surface area is 135 Å². The fourth-order valence-electron chi connectivity index (χ4n) is 2.88. The number of esters is 1. The van der Waals surface area contributed by atoms with Gasteiger partial charge in [-0.3, -0.25) is 4.79 Å². The van der Waals surface area contributed by atoms with E-state index in [1.165, 1.54) is 32.1 Å². The summed E-state index contributed by atoms with van der Waals surface area (Å²) < 4.78 is 6.63. The standard InChI is InChI=1S/C17H23IO2/c1-2-3-4-13-5-7-14(8-6-13)17(19)20-16-11-9-15(18)10-12-16/h9-14H,2-8H2,1H3/t13-,14-. The largest absolute Gasteiger partial charge is 0.426 e. The van der Waals surface area contributed by atoms with Crippen LogP contribution in [0.25, 0.3) is 0 Å². The van der Waals surface area contributed by atoms with Gasteiger partial charge in [0.05, 0.1) is 5.92 Å². The third-order valence-corrected chi connectivity index (χ3v) is 4.90. The molecule has 1 aliphatic carbocycles. The highest BCUT2D eigenvalue weighted by Gasteiger charge is 2.27. The Morgan fingerprint density at radius 1 is 1.20 bits per heavy atom. The molecular formula is C17H23IO2. The second-order valence-electron chi connectivity index (χ2n) is 5.73. The smallest absolute Gasteiger partial charge is 0.314 e. The molecule has 2 nitrogen and oxygen atoms in total. The fraction of sp³-hybridized carbons (Fsp3) is 0.588. The zero-order valence-electron chi connectivity index (χ0n) is 12.1. The number of unbranched alkanes of at least 4 members (excludes halogenated alkanes) is 1. The number of hydrogen-bond acceptors (Lipinski definition) is 2. The minimum atomic E-state index is -0.0415. The van der Waals surface area contributed by atoms with E-state index in [0.29, 0.717) is 5.75 Å². The Hall–Kier alpha value is -0.580. The molecule has 0 aromatic heterocycles. The SMILES string of the molecule is CCCC[C@H]1CC[C@H](C(=O)Oc2ccc(I)cc2)CC1. The van der Waals surface area contributed by atoms with Gasteiger partial charge in [-0.1, -0.05) is 26.2 Å². The molecule has 0 aliphatic heterocycles. The Morgan fingerprint density at radius 2 is 1.85 bits per heavy atom. The Kier molecular flexibility index (Phi) is 6.33. The molecule has 1 aromatic rings. The van der Waals surface area contributed by atoms with Crippen molar-refractivity contribution in [3.63, 3.8) is 0 Å². The van der Waals surface area contributed by atoms with Gasteiger partial charge in [0.2, 0.25) is 0 Å². The molecule has 0 spiro atoms. The molecule has 0 N–H and O–H groups in total. The van der Waals surface area contributed by atoms with Crippen LogP contribution in [0.4, 0.5) is 0 Å². The molecule has 0 radical (unpaired) electrons. The summed E-state index contributed by atoms with van der Waals surface area (Å²) >= 11 is 2.25. The molecule has 0 amide bonds. The minimum absolute atomic E-state index is 0.0415. The van der Waals surface area contributed by atoms with Gasteiger partial charge in [-0.05, 0) is 78.5 Å². The van der Waals surface area contributed by atoms with Crippen LogP contribution in [0.15, 0.2) is 24.3 Å². The predicted molar refractivity (Wildman–Crippen MR) is 89.8 cm³/mol. The Balaban J connectivity index is 1.78. The zero-order chi connectivity index (χ0) is 14.4. The van der Waals surface area contributed by atoms with Gasteiger partial charge >= 0.3 is 5.97 Å². The first-order chi connectivity index (χ1) is 9.69. The summed E-state index contributed by atoms with van der Waals surface area (Å²) in [6.07, 6.45) is 8.29. The minimum Gasteiger partial charge on any atom is -0.426 e. The van der Waals surface area contributed by atoms with E-state index >= 15 is 0 Å². The van der Waals surface area contributed by atoms with Crippen molar-refractivity contribution in [1.82, 2.24) is 0 Å². The van der Waals surface area contributed by atoms with Gasteiger partial charge in [0.1, 0.15) is 5.75 Å². The van der Waals surface area contributed by atoms with Crippen molar-refractivity contribution in [2.45, 2.75) is 51.9 Å². The summed E-state index contributed by atoms with van der Waals surface area (Å²) in [5, 5.41) is 0. The number of carbonyl (C=O) groups is 1. The normalized spacial score (nSPS) is 22.5. The predicted octanol–water partition coefficient (Wildman–Crippen LogP) is 5.19. The molecule has 2 rings (SSSR count). The van der Waals surface area contributed by atoms with Crippen LogP contribution in [0.5, 0.6) is 5.75 Å². The molecule has 3 heteroatoms.